The van der Waals surface area contributed by atoms with Crippen molar-refractivity contribution >= 4 is 11.9 Å². The van der Waals surface area contributed by atoms with Crippen LogP contribution in [0.4, 0.5) is 0 Å². The van der Waals surface area contributed by atoms with E-state index in [0.717, 1.165) is 38.5 Å². The number of ether oxygens (including phenoxy) is 1. The number of aliphatic hydroxyl groups excluding tert-OH is 2. The van der Waals surface area contributed by atoms with E-state index in [9.17, 15) is 19.8 Å². The van der Waals surface area contributed by atoms with Crippen molar-refractivity contribution in [2.24, 2.45) is 0 Å². The first-order valence-electron chi connectivity index (χ1n) is 32.6. The Morgan fingerprint density at radius 3 is 0.986 bits per heavy atom. The number of hydrogen-bond donors (Lipinski definition) is 3. The van der Waals surface area contributed by atoms with Crippen LogP contribution in [0.25, 0.3) is 0 Å². The number of hydrogen-bond acceptors (Lipinski definition) is 5. The van der Waals surface area contributed by atoms with Gasteiger partial charge in [-0.2, -0.15) is 0 Å². The zero-order valence-corrected chi connectivity index (χ0v) is 48.7. The molecular weight excluding hydrogens is 887 g/mol. The molecule has 3 N–H and O–H groups in total. The molecule has 0 saturated heterocycles. The molecule has 0 aliphatic carbocycles. The highest BCUT2D eigenvalue weighted by Gasteiger charge is 2.18. The molecule has 426 valence electrons. The zero-order chi connectivity index (χ0) is 52.2. The average Bonchev–Trinajstić information content (AvgIpc) is 3.38. The fraction of sp³-hybridized carbons (Fsp3) is 0.909. The van der Waals surface area contributed by atoms with E-state index in [2.05, 4.69) is 31.3 Å². The molecule has 2 unspecified atom stereocenters. The van der Waals surface area contributed by atoms with Gasteiger partial charge in [-0.05, 0) is 57.8 Å². The van der Waals surface area contributed by atoms with Gasteiger partial charge in [0.1, 0.15) is 0 Å². The molecule has 0 aromatic carbocycles. The molecular formula is C66H127NO5. The number of amides is 1. The molecule has 2 atom stereocenters. The number of esters is 1. The molecule has 0 fully saturated rings. The molecule has 72 heavy (non-hydrogen) atoms. The van der Waals surface area contributed by atoms with Crippen molar-refractivity contribution in [3.63, 3.8) is 0 Å². The highest BCUT2D eigenvalue weighted by atomic mass is 16.5. The Hall–Kier alpha value is -1.66. The number of aliphatic hydroxyl groups is 2. The summed E-state index contributed by atoms with van der Waals surface area (Å²) < 4.78 is 5.49. The summed E-state index contributed by atoms with van der Waals surface area (Å²) in [6.45, 7) is 4.92. The van der Waals surface area contributed by atoms with Gasteiger partial charge < -0.3 is 20.3 Å². The van der Waals surface area contributed by atoms with E-state index >= 15 is 0 Å². The topological polar surface area (TPSA) is 95.9 Å². The van der Waals surface area contributed by atoms with Gasteiger partial charge in [0.25, 0.3) is 0 Å². The van der Waals surface area contributed by atoms with Crippen LogP contribution in [-0.4, -0.2) is 47.4 Å². The van der Waals surface area contributed by atoms with E-state index in [1.54, 1.807) is 6.08 Å². The summed E-state index contributed by atoms with van der Waals surface area (Å²) in [7, 11) is 0. The van der Waals surface area contributed by atoms with Crippen LogP contribution in [0.2, 0.25) is 0 Å². The number of rotatable bonds is 61. The van der Waals surface area contributed by atoms with Crippen molar-refractivity contribution in [2.45, 2.75) is 373 Å². The van der Waals surface area contributed by atoms with Crippen LogP contribution < -0.4 is 5.32 Å². The normalized spacial score (nSPS) is 12.7. The average molecular weight is 1010 g/mol. The van der Waals surface area contributed by atoms with Gasteiger partial charge in [-0.15, -0.1) is 0 Å². The highest BCUT2D eigenvalue weighted by molar-refractivity contribution is 5.76. The van der Waals surface area contributed by atoms with Crippen LogP contribution in [0.15, 0.2) is 24.3 Å². The van der Waals surface area contributed by atoms with E-state index in [0.29, 0.717) is 19.4 Å². The van der Waals surface area contributed by atoms with E-state index in [1.165, 1.54) is 295 Å². The zero-order valence-electron chi connectivity index (χ0n) is 48.7. The molecule has 0 bridgehead atoms. The molecule has 6 heteroatoms. The maximum Gasteiger partial charge on any atom is 0.305 e. The summed E-state index contributed by atoms with van der Waals surface area (Å²) >= 11 is 0. The lowest BCUT2D eigenvalue weighted by Crippen LogP contribution is -2.45. The van der Waals surface area contributed by atoms with Crippen molar-refractivity contribution in [1.29, 1.82) is 0 Å². The highest BCUT2D eigenvalue weighted by Crippen LogP contribution is 2.18. The first-order valence-corrected chi connectivity index (χ1v) is 32.6. The van der Waals surface area contributed by atoms with E-state index < -0.39 is 12.1 Å². The molecule has 0 heterocycles. The Labute approximate surface area is 450 Å². The molecule has 0 aromatic rings. The first-order chi connectivity index (χ1) is 35.5. The van der Waals surface area contributed by atoms with Crippen LogP contribution in [0.1, 0.15) is 361 Å². The van der Waals surface area contributed by atoms with Crippen molar-refractivity contribution < 1.29 is 24.5 Å². The van der Waals surface area contributed by atoms with Crippen LogP contribution in [0, 0.1) is 0 Å². The van der Waals surface area contributed by atoms with Gasteiger partial charge in [-0.1, -0.05) is 314 Å². The Morgan fingerprint density at radius 2 is 0.653 bits per heavy atom. The first kappa shape index (κ1) is 70.3. The SMILES string of the molecule is CCCCCCCCCCCCC/C=C/C(O)C(CO)NC(=O)CCCCCCCCCCCCC/C=C\CCCCCCCCCCCCCCOC(=O)CCCCCCCCCCCCCCCCC. The number of allylic oxidation sites excluding steroid dienone is 3. The second kappa shape index (κ2) is 61.9. The Kier molecular flexibility index (Phi) is 60.5. The smallest absolute Gasteiger partial charge is 0.305 e. The Balaban J connectivity index is 3.38. The summed E-state index contributed by atoms with van der Waals surface area (Å²) in [5.41, 5.74) is 0. The van der Waals surface area contributed by atoms with Gasteiger partial charge in [0.15, 0.2) is 0 Å². The van der Waals surface area contributed by atoms with E-state index in [1.807, 2.05) is 6.08 Å². The lowest BCUT2D eigenvalue weighted by Gasteiger charge is -2.20. The minimum absolute atomic E-state index is 0.0180. The summed E-state index contributed by atoms with van der Waals surface area (Å²) in [6.07, 6.45) is 76.7. The van der Waals surface area contributed by atoms with Gasteiger partial charge >= 0.3 is 5.97 Å². The standard InChI is InChI=1S/C66H127NO5/c1-3-5-7-9-11-13-15-17-31-36-40-44-48-52-56-60-66(71)72-61-57-53-49-45-41-37-33-30-28-26-24-22-20-18-19-21-23-25-27-29-32-35-39-43-47-51-55-59-65(70)67-63(62-68)64(69)58-54-50-46-42-38-34-16-14-12-10-8-6-4-2/h18-19,54,58,63-64,68-69H,3-17,20-53,55-57,59-62H2,1-2H3,(H,67,70)/b19-18-,58-54+. The molecule has 0 rings (SSSR count). The summed E-state index contributed by atoms with van der Waals surface area (Å²) in [4.78, 5) is 24.5. The van der Waals surface area contributed by atoms with Crippen molar-refractivity contribution in [3.8, 4) is 0 Å². The van der Waals surface area contributed by atoms with Crippen LogP contribution in [-0.2, 0) is 14.3 Å². The predicted molar refractivity (Wildman–Crippen MR) is 315 cm³/mol. The van der Waals surface area contributed by atoms with Gasteiger partial charge in [-0.25, -0.2) is 0 Å². The van der Waals surface area contributed by atoms with Gasteiger partial charge in [0.05, 0.1) is 25.4 Å². The third-order valence-corrected chi connectivity index (χ3v) is 15.2. The number of carbonyl (C=O) groups excluding carboxylic acids is 2. The number of carbonyl (C=O) groups is 2. The largest absolute Gasteiger partial charge is 0.466 e. The van der Waals surface area contributed by atoms with Crippen molar-refractivity contribution in [2.75, 3.05) is 13.2 Å². The quantitative estimate of drug-likeness (QED) is 0.0320. The maximum absolute atomic E-state index is 12.5. The van der Waals surface area contributed by atoms with Crippen LogP contribution in [0.5, 0.6) is 0 Å². The van der Waals surface area contributed by atoms with E-state index in [4.69, 9.17) is 4.74 Å². The van der Waals surface area contributed by atoms with Crippen LogP contribution >= 0.6 is 0 Å². The summed E-state index contributed by atoms with van der Waals surface area (Å²) in [6, 6.07) is -0.627. The molecule has 0 saturated carbocycles. The molecule has 0 radical (unpaired) electrons. The minimum Gasteiger partial charge on any atom is -0.466 e. The molecule has 1 amide bonds. The molecule has 0 aliphatic heterocycles. The Morgan fingerprint density at radius 1 is 0.375 bits per heavy atom. The van der Waals surface area contributed by atoms with Crippen molar-refractivity contribution in [3.05, 3.63) is 24.3 Å². The molecule has 0 spiro atoms. The predicted octanol–water partition coefficient (Wildman–Crippen LogP) is 20.6. The lowest BCUT2D eigenvalue weighted by molar-refractivity contribution is -0.143. The number of unbranched alkanes of at least 4 members (excludes halogenated alkanes) is 48. The summed E-state index contributed by atoms with van der Waals surface area (Å²) in [5, 5.41) is 23.1. The fourth-order valence-corrected chi connectivity index (χ4v) is 10.2. The molecule has 0 aliphatic rings. The van der Waals surface area contributed by atoms with Crippen LogP contribution in [0.3, 0.4) is 0 Å². The Bertz CT molecular complexity index is 1120. The molecule has 0 aromatic heterocycles. The van der Waals surface area contributed by atoms with Crippen molar-refractivity contribution in [1.82, 2.24) is 5.32 Å². The second-order valence-electron chi connectivity index (χ2n) is 22.5. The van der Waals surface area contributed by atoms with Gasteiger partial charge in [-0.3, -0.25) is 9.59 Å². The third-order valence-electron chi connectivity index (χ3n) is 15.2. The lowest BCUT2D eigenvalue weighted by atomic mass is 10.0. The van der Waals surface area contributed by atoms with Gasteiger partial charge in [0, 0.05) is 12.8 Å². The van der Waals surface area contributed by atoms with E-state index in [-0.39, 0.29) is 18.5 Å². The van der Waals surface area contributed by atoms with Gasteiger partial charge in [0.2, 0.25) is 5.91 Å². The monoisotopic (exact) mass is 1010 g/mol. The number of nitrogens with one attached hydrogen (secondary N) is 1. The summed E-state index contributed by atoms with van der Waals surface area (Å²) in [5.74, 6) is -0.0497. The minimum atomic E-state index is -0.844. The molecule has 6 nitrogen and oxygen atoms in total. The fourth-order valence-electron chi connectivity index (χ4n) is 10.2. The second-order valence-corrected chi connectivity index (χ2v) is 22.5. The third kappa shape index (κ3) is 57.6. The maximum atomic E-state index is 12.5.